The third-order valence-corrected chi connectivity index (χ3v) is 5.84. The maximum atomic E-state index is 12.8. The zero-order chi connectivity index (χ0) is 26.4. The van der Waals surface area contributed by atoms with Crippen LogP contribution in [0.1, 0.15) is 32.3 Å². The van der Waals surface area contributed by atoms with Gasteiger partial charge in [0.1, 0.15) is 12.8 Å². The van der Waals surface area contributed by atoms with Crippen LogP contribution < -0.4 is 21.9 Å². The van der Waals surface area contributed by atoms with E-state index in [9.17, 15) is 19.2 Å². The van der Waals surface area contributed by atoms with Gasteiger partial charge in [0.25, 0.3) is 5.56 Å². The normalized spacial score (nSPS) is 11.6. The molecule has 0 aliphatic carbocycles. The number of carbonyl (C=O) groups is 2. The SMILES string of the molecule is CCn1c(=O)c2cc(NC(=O)CC(C)CC(=O)Nc3ccc(C#N)c(Cl)c3)ccc2n(COC)c1=O. The van der Waals surface area contributed by atoms with E-state index in [0.29, 0.717) is 22.5 Å². The highest BCUT2D eigenvalue weighted by atomic mass is 35.5. The van der Waals surface area contributed by atoms with E-state index in [-0.39, 0.29) is 54.3 Å². The van der Waals surface area contributed by atoms with Gasteiger partial charge in [0.05, 0.1) is 21.5 Å². The molecule has 3 aromatic rings. The maximum Gasteiger partial charge on any atom is 0.333 e. The molecule has 0 aliphatic rings. The molecule has 1 unspecified atom stereocenters. The smallest absolute Gasteiger partial charge is 0.333 e. The number of benzene rings is 2. The average molecular weight is 512 g/mol. The van der Waals surface area contributed by atoms with Crippen LogP contribution in [0.25, 0.3) is 10.9 Å². The molecule has 0 radical (unpaired) electrons. The van der Waals surface area contributed by atoms with E-state index in [1.165, 1.54) is 29.9 Å². The summed E-state index contributed by atoms with van der Waals surface area (Å²) in [5.74, 6) is -0.890. The van der Waals surface area contributed by atoms with Gasteiger partial charge in [-0.3, -0.25) is 23.5 Å². The highest BCUT2D eigenvalue weighted by molar-refractivity contribution is 6.32. The van der Waals surface area contributed by atoms with E-state index in [2.05, 4.69) is 10.6 Å². The molecule has 0 saturated heterocycles. The Morgan fingerprint density at radius 2 is 1.67 bits per heavy atom. The summed E-state index contributed by atoms with van der Waals surface area (Å²) in [7, 11) is 1.45. The Kier molecular flexibility index (Phi) is 8.64. The Hall–Kier alpha value is -3.94. The van der Waals surface area contributed by atoms with Gasteiger partial charge in [0.2, 0.25) is 11.8 Å². The van der Waals surface area contributed by atoms with Crippen molar-refractivity contribution in [2.75, 3.05) is 17.7 Å². The molecule has 1 aromatic heterocycles. The van der Waals surface area contributed by atoms with E-state index >= 15 is 0 Å². The Bertz CT molecular complexity index is 1470. The predicted octanol–water partition coefficient (Wildman–Crippen LogP) is 3.31. The number of nitrogens with zero attached hydrogens (tertiary/aromatic N) is 3. The summed E-state index contributed by atoms with van der Waals surface area (Å²) in [6.45, 7) is 3.65. The van der Waals surface area contributed by atoms with Gasteiger partial charge in [0.15, 0.2) is 0 Å². The second-order valence-corrected chi connectivity index (χ2v) is 8.73. The Morgan fingerprint density at radius 3 is 2.22 bits per heavy atom. The summed E-state index contributed by atoms with van der Waals surface area (Å²) in [6.07, 6.45) is 0.162. The second-order valence-electron chi connectivity index (χ2n) is 8.33. The number of methoxy groups -OCH3 is 1. The van der Waals surface area contributed by atoms with Gasteiger partial charge in [-0.1, -0.05) is 18.5 Å². The summed E-state index contributed by atoms with van der Waals surface area (Å²) >= 11 is 5.99. The third kappa shape index (κ3) is 6.00. The topological polar surface area (TPSA) is 135 Å². The third-order valence-electron chi connectivity index (χ3n) is 5.52. The minimum Gasteiger partial charge on any atom is -0.364 e. The number of hydrogen-bond donors (Lipinski definition) is 2. The van der Waals surface area contributed by atoms with Crippen molar-refractivity contribution in [1.82, 2.24) is 9.13 Å². The van der Waals surface area contributed by atoms with Crippen LogP contribution in [0.3, 0.4) is 0 Å². The van der Waals surface area contributed by atoms with Crippen molar-refractivity contribution in [3.05, 3.63) is 67.8 Å². The summed E-state index contributed by atoms with van der Waals surface area (Å²) in [5.41, 5.74) is 0.657. The van der Waals surface area contributed by atoms with E-state index in [1.54, 1.807) is 32.0 Å². The molecule has 2 amide bonds. The largest absolute Gasteiger partial charge is 0.364 e. The highest BCUT2D eigenvalue weighted by Crippen LogP contribution is 2.21. The van der Waals surface area contributed by atoms with Crippen molar-refractivity contribution in [2.24, 2.45) is 5.92 Å². The molecule has 0 fully saturated rings. The monoisotopic (exact) mass is 511 g/mol. The summed E-state index contributed by atoms with van der Waals surface area (Å²) < 4.78 is 7.57. The van der Waals surface area contributed by atoms with E-state index in [0.717, 1.165) is 4.57 Å². The van der Waals surface area contributed by atoms with Crippen molar-refractivity contribution < 1.29 is 14.3 Å². The molecule has 0 saturated carbocycles. The molecule has 10 nitrogen and oxygen atoms in total. The average Bonchev–Trinajstić information content (AvgIpc) is 2.82. The number of hydrogen-bond acceptors (Lipinski definition) is 6. The van der Waals surface area contributed by atoms with Gasteiger partial charge in [-0.25, -0.2) is 4.79 Å². The van der Waals surface area contributed by atoms with Crippen molar-refractivity contribution in [3.63, 3.8) is 0 Å². The fourth-order valence-corrected chi connectivity index (χ4v) is 4.07. The number of rotatable bonds is 9. The van der Waals surface area contributed by atoms with Crippen molar-refractivity contribution in [3.8, 4) is 6.07 Å². The molecular weight excluding hydrogens is 486 g/mol. The molecule has 11 heteroatoms. The molecule has 36 heavy (non-hydrogen) atoms. The second kappa shape index (κ2) is 11.7. The molecule has 0 bridgehead atoms. The molecule has 3 rings (SSSR count). The molecular formula is C25H26ClN5O5. The standard InChI is InChI=1S/C25H26ClN5O5/c1-4-30-24(34)19-11-17(7-8-21(19)31(14-36-3)25(30)35)28-22(32)9-15(2)10-23(33)29-18-6-5-16(13-27)20(26)12-18/h5-8,11-12,15H,4,9-10,14H2,1-3H3,(H,28,32)(H,29,33). The number of nitriles is 1. The number of amides is 2. The van der Waals surface area contributed by atoms with E-state index < -0.39 is 11.2 Å². The fourth-order valence-electron chi connectivity index (χ4n) is 3.85. The van der Waals surface area contributed by atoms with E-state index in [4.69, 9.17) is 21.6 Å². The Morgan fingerprint density at radius 1 is 1.06 bits per heavy atom. The molecule has 2 aromatic carbocycles. The lowest BCUT2D eigenvalue weighted by atomic mass is 10.0. The quantitative estimate of drug-likeness (QED) is 0.452. The molecule has 1 heterocycles. The number of nitrogens with one attached hydrogen (secondary N) is 2. The van der Waals surface area contributed by atoms with Gasteiger partial charge in [-0.15, -0.1) is 0 Å². The lowest BCUT2D eigenvalue weighted by Gasteiger charge is -2.14. The van der Waals surface area contributed by atoms with Crippen LogP contribution in [-0.4, -0.2) is 28.1 Å². The zero-order valence-electron chi connectivity index (χ0n) is 20.1. The first kappa shape index (κ1) is 26.7. The maximum absolute atomic E-state index is 12.8. The number of carbonyl (C=O) groups excluding carboxylic acids is 2. The molecule has 0 spiro atoms. The van der Waals surface area contributed by atoms with Crippen molar-refractivity contribution in [2.45, 2.75) is 40.0 Å². The van der Waals surface area contributed by atoms with Crippen molar-refractivity contribution >= 4 is 45.7 Å². The van der Waals surface area contributed by atoms with Gasteiger partial charge < -0.3 is 15.4 Å². The van der Waals surface area contributed by atoms with Crippen LogP contribution in [0.15, 0.2) is 46.0 Å². The molecule has 1 atom stereocenters. The first-order chi connectivity index (χ1) is 17.2. The highest BCUT2D eigenvalue weighted by Gasteiger charge is 2.16. The van der Waals surface area contributed by atoms with Crippen LogP contribution in [0.4, 0.5) is 11.4 Å². The molecule has 188 valence electrons. The molecule has 2 N–H and O–H groups in total. The number of anilines is 2. The van der Waals surface area contributed by atoms with Crippen LogP contribution in [0.5, 0.6) is 0 Å². The number of fused-ring (bicyclic) bond motifs is 1. The number of aromatic nitrogens is 2. The Labute approximate surface area is 212 Å². The van der Waals surface area contributed by atoms with Crippen molar-refractivity contribution in [1.29, 1.82) is 5.26 Å². The Balaban J connectivity index is 1.68. The van der Waals surface area contributed by atoms with Gasteiger partial charge in [-0.2, -0.15) is 5.26 Å². The van der Waals surface area contributed by atoms with E-state index in [1.807, 2.05) is 6.07 Å². The zero-order valence-corrected chi connectivity index (χ0v) is 20.9. The minimum absolute atomic E-state index is 0.0183. The summed E-state index contributed by atoms with van der Waals surface area (Å²) in [4.78, 5) is 50.3. The van der Waals surface area contributed by atoms with Crippen LogP contribution in [0, 0.1) is 17.2 Å². The lowest BCUT2D eigenvalue weighted by Crippen LogP contribution is -2.40. The predicted molar refractivity (Wildman–Crippen MR) is 137 cm³/mol. The first-order valence-electron chi connectivity index (χ1n) is 11.2. The summed E-state index contributed by atoms with van der Waals surface area (Å²) in [5, 5.41) is 14.9. The molecule has 0 aliphatic heterocycles. The summed E-state index contributed by atoms with van der Waals surface area (Å²) in [6, 6.07) is 11.3. The van der Waals surface area contributed by atoms with Gasteiger partial charge in [-0.05, 0) is 49.2 Å². The van der Waals surface area contributed by atoms with Crippen LogP contribution in [-0.2, 0) is 27.6 Å². The number of ether oxygens (including phenoxy) is 1. The lowest BCUT2D eigenvalue weighted by molar-refractivity contribution is -0.118. The fraction of sp³-hybridized carbons (Fsp3) is 0.320. The van der Waals surface area contributed by atoms with Gasteiger partial charge >= 0.3 is 5.69 Å². The number of halogens is 1. The minimum atomic E-state index is -0.469. The first-order valence-corrected chi connectivity index (χ1v) is 11.6. The van der Waals surface area contributed by atoms with Crippen LogP contribution in [0.2, 0.25) is 5.02 Å². The van der Waals surface area contributed by atoms with Gasteiger partial charge in [0, 0.05) is 37.9 Å². The van der Waals surface area contributed by atoms with Crippen LogP contribution >= 0.6 is 11.6 Å².